The minimum atomic E-state index is -0.649. The largest absolute Gasteiger partial charge is 0.460 e. The zero-order valence-corrected chi connectivity index (χ0v) is 20.4. The number of carbonyl (C=O) groups is 3. The van der Waals surface area contributed by atoms with E-state index in [9.17, 15) is 14.4 Å². The standard InChI is InChI=1S/C26H39NO5/c1-7-8-10-13-18(2)16-21(17-22(28)32-26(4,5)6)24(29)27-19(3)23(31-25(27)30)20-14-11-9-12-15-20/h9,11-12,14-15,18-19,21,23H,7-8,10,13,16-17H2,1-6H3/t18-,19+,21-,23+/m0/s1. The Balaban J connectivity index is 2.18. The van der Waals surface area contributed by atoms with Crippen molar-refractivity contribution >= 4 is 18.0 Å². The van der Waals surface area contributed by atoms with Gasteiger partial charge in [-0.1, -0.05) is 69.9 Å². The first-order chi connectivity index (χ1) is 15.0. The van der Waals surface area contributed by atoms with Gasteiger partial charge in [0.1, 0.15) is 11.7 Å². The second-order valence-electron chi connectivity index (χ2n) is 9.99. The molecule has 0 saturated carbocycles. The molecule has 0 spiro atoms. The summed E-state index contributed by atoms with van der Waals surface area (Å²) < 4.78 is 11.0. The van der Waals surface area contributed by atoms with Crippen LogP contribution < -0.4 is 0 Å². The summed E-state index contributed by atoms with van der Waals surface area (Å²) >= 11 is 0. The van der Waals surface area contributed by atoms with Crippen molar-refractivity contribution < 1.29 is 23.9 Å². The minimum Gasteiger partial charge on any atom is -0.460 e. The van der Waals surface area contributed by atoms with Gasteiger partial charge < -0.3 is 9.47 Å². The zero-order valence-electron chi connectivity index (χ0n) is 20.4. The van der Waals surface area contributed by atoms with Gasteiger partial charge in [0.05, 0.1) is 12.5 Å². The highest BCUT2D eigenvalue weighted by Crippen LogP contribution is 2.35. The molecule has 178 valence electrons. The molecule has 0 N–H and O–H groups in total. The second kappa shape index (κ2) is 11.5. The Morgan fingerprint density at radius 2 is 1.81 bits per heavy atom. The number of amides is 2. The number of rotatable bonds is 10. The van der Waals surface area contributed by atoms with Crippen LogP contribution in [0.2, 0.25) is 0 Å². The Hall–Kier alpha value is -2.37. The van der Waals surface area contributed by atoms with Crippen molar-refractivity contribution in [3.05, 3.63) is 35.9 Å². The van der Waals surface area contributed by atoms with Crippen LogP contribution in [0, 0.1) is 11.8 Å². The molecule has 1 heterocycles. The Morgan fingerprint density at radius 3 is 2.41 bits per heavy atom. The number of ether oxygens (including phenoxy) is 2. The predicted molar refractivity (Wildman–Crippen MR) is 124 cm³/mol. The van der Waals surface area contributed by atoms with Crippen LogP contribution in [0.5, 0.6) is 0 Å². The van der Waals surface area contributed by atoms with Gasteiger partial charge in [0, 0.05) is 5.92 Å². The SMILES string of the molecule is CCCCC[C@H](C)C[C@@H](CC(=O)OC(C)(C)C)C(=O)N1C(=O)O[C@@H](c2ccccc2)[C@H]1C. The summed E-state index contributed by atoms with van der Waals surface area (Å²) in [7, 11) is 0. The van der Waals surface area contributed by atoms with Crippen molar-refractivity contribution in [1.29, 1.82) is 0 Å². The van der Waals surface area contributed by atoms with E-state index in [0.717, 1.165) is 31.2 Å². The van der Waals surface area contributed by atoms with Gasteiger partial charge in [-0.05, 0) is 45.6 Å². The van der Waals surface area contributed by atoms with Gasteiger partial charge >= 0.3 is 12.1 Å². The van der Waals surface area contributed by atoms with Crippen LogP contribution in [-0.4, -0.2) is 34.5 Å². The first-order valence-electron chi connectivity index (χ1n) is 11.8. The molecule has 1 fully saturated rings. The van der Waals surface area contributed by atoms with Crippen molar-refractivity contribution in [3.8, 4) is 0 Å². The van der Waals surface area contributed by atoms with Crippen LogP contribution in [0.1, 0.15) is 91.7 Å². The van der Waals surface area contributed by atoms with E-state index in [0.29, 0.717) is 6.42 Å². The molecule has 6 heteroatoms. The van der Waals surface area contributed by atoms with E-state index in [1.807, 2.05) is 37.3 Å². The second-order valence-corrected chi connectivity index (χ2v) is 9.99. The number of esters is 1. The summed E-state index contributed by atoms with van der Waals surface area (Å²) in [4.78, 5) is 40.0. The molecule has 6 nitrogen and oxygen atoms in total. The lowest BCUT2D eigenvalue weighted by Gasteiger charge is -2.27. The number of nitrogens with zero attached hydrogens (tertiary/aromatic N) is 1. The molecule has 1 aliphatic heterocycles. The molecule has 1 aromatic rings. The Labute approximate surface area is 192 Å². The van der Waals surface area contributed by atoms with E-state index in [-0.39, 0.29) is 18.2 Å². The number of imide groups is 1. The fraction of sp³-hybridized carbons (Fsp3) is 0.654. The Bertz CT molecular complexity index is 770. The van der Waals surface area contributed by atoms with Gasteiger partial charge in [0.15, 0.2) is 0 Å². The van der Waals surface area contributed by atoms with Gasteiger partial charge in [-0.15, -0.1) is 0 Å². The molecule has 1 aromatic carbocycles. The normalized spacial score (nSPS) is 20.6. The van der Waals surface area contributed by atoms with Gasteiger partial charge in [-0.25, -0.2) is 9.69 Å². The van der Waals surface area contributed by atoms with E-state index in [2.05, 4.69) is 13.8 Å². The van der Waals surface area contributed by atoms with E-state index < -0.39 is 35.7 Å². The van der Waals surface area contributed by atoms with Crippen LogP contribution in [0.25, 0.3) is 0 Å². The smallest absolute Gasteiger partial charge is 0.417 e. The number of benzene rings is 1. The lowest BCUT2D eigenvalue weighted by Crippen LogP contribution is -2.43. The third kappa shape index (κ3) is 7.35. The number of cyclic esters (lactones) is 1. The Morgan fingerprint density at radius 1 is 1.16 bits per heavy atom. The highest BCUT2D eigenvalue weighted by Gasteiger charge is 2.45. The predicted octanol–water partition coefficient (Wildman–Crippen LogP) is 6.05. The molecule has 32 heavy (non-hydrogen) atoms. The van der Waals surface area contributed by atoms with Crippen molar-refractivity contribution in [2.45, 2.75) is 97.8 Å². The van der Waals surface area contributed by atoms with Crippen molar-refractivity contribution in [2.75, 3.05) is 0 Å². The fourth-order valence-corrected chi connectivity index (χ4v) is 4.24. The topological polar surface area (TPSA) is 72.9 Å². The monoisotopic (exact) mass is 445 g/mol. The summed E-state index contributed by atoms with van der Waals surface area (Å²) in [5, 5.41) is 0. The maximum Gasteiger partial charge on any atom is 0.417 e. The molecule has 1 aliphatic rings. The summed E-state index contributed by atoms with van der Waals surface area (Å²) in [5.74, 6) is -1.13. The number of hydrogen-bond acceptors (Lipinski definition) is 5. The number of hydrogen-bond donors (Lipinski definition) is 0. The van der Waals surface area contributed by atoms with Gasteiger partial charge in [-0.3, -0.25) is 9.59 Å². The van der Waals surface area contributed by atoms with Crippen molar-refractivity contribution in [1.82, 2.24) is 4.90 Å². The van der Waals surface area contributed by atoms with E-state index in [4.69, 9.17) is 9.47 Å². The molecular weight excluding hydrogens is 406 g/mol. The fourth-order valence-electron chi connectivity index (χ4n) is 4.24. The third-order valence-electron chi connectivity index (χ3n) is 5.81. The maximum atomic E-state index is 13.5. The molecule has 1 saturated heterocycles. The molecule has 0 unspecified atom stereocenters. The summed E-state index contributed by atoms with van der Waals surface area (Å²) in [6.45, 7) is 11.5. The third-order valence-corrected chi connectivity index (χ3v) is 5.81. The zero-order chi connectivity index (χ0) is 23.9. The number of carbonyl (C=O) groups excluding carboxylic acids is 3. The van der Waals surface area contributed by atoms with Crippen LogP contribution >= 0.6 is 0 Å². The molecule has 2 amide bonds. The summed E-state index contributed by atoms with van der Waals surface area (Å²) in [6, 6.07) is 8.97. The van der Waals surface area contributed by atoms with E-state index >= 15 is 0 Å². The van der Waals surface area contributed by atoms with Crippen molar-refractivity contribution in [2.24, 2.45) is 11.8 Å². The minimum absolute atomic E-state index is 0.0409. The summed E-state index contributed by atoms with van der Waals surface area (Å²) in [5.41, 5.74) is 0.218. The maximum absolute atomic E-state index is 13.5. The summed E-state index contributed by atoms with van der Waals surface area (Å²) in [6.07, 6.45) is 3.67. The van der Waals surface area contributed by atoms with Gasteiger partial charge in [-0.2, -0.15) is 0 Å². The lowest BCUT2D eigenvalue weighted by atomic mass is 9.88. The van der Waals surface area contributed by atoms with Crippen molar-refractivity contribution in [3.63, 3.8) is 0 Å². The van der Waals surface area contributed by atoms with Crippen LogP contribution in [0.3, 0.4) is 0 Å². The molecular formula is C26H39NO5. The van der Waals surface area contributed by atoms with Crippen LogP contribution in [0.15, 0.2) is 30.3 Å². The molecule has 0 radical (unpaired) electrons. The quantitative estimate of drug-likeness (QED) is 0.324. The van der Waals surface area contributed by atoms with E-state index in [1.54, 1.807) is 20.8 Å². The Kier molecular flexibility index (Phi) is 9.29. The van der Waals surface area contributed by atoms with Crippen LogP contribution in [-0.2, 0) is 19.1 Å². The highest BCUT2D eigenvalue weighted by atomic mass is 16.6. The number of unbranched alkanes of at least 4 members (excludes halogenated alkanes) is 2. The average molecular weight is 446 g/mol. The average Bonchev–Trinajstić information content (AvgIpc) is 3.00. The van der Waals surface area contributed by atoms with Crippen LogP contribution in [0.4, 0.5) is 4.79 Å². The lowest BCUT2D eigenvalue weighted by molar-refractivity contribution is -0.158. The first-order valence-corrected chi connectivity index (χ1v) is 11.8. The molecule has 0 bridgehead atoms. The molecule has 2 rings (SSSR count). The highest BCUT2D eigenvalue weighted by molar-refractivity contribution is 5.96. The first kappa shape index (κ1) is 25.9. The molecule has 0 aliphatic carbocycles. The molecule has 4 atom stereocenters. The van der Waals surface area contributed by atoms with Gasteiger partial charge in [0.25, 0.3) is 0 Å². The molecule has 0 aromatic heterocycles. The van der Waals surface area contributed by atoms with Gasteiger partial charge in [0.2, 0.25) is 5.91 Å². The van der Waals surface area contributed by atoms with E-state index in [1.165, 1.54) is 4.90 Å².